The molecule has 0 aliphatic carbocycles. The lowest BCUT2D eigenvalue weighted by Crippen LogP contribution is -2.40. The fourth-order valence-corrected chi connectivity index (χ4v) is 4.58. The molecule has 0 atom stereocenters. The van der Waals surface area contributed by atoms with Gasteiger partial charge in [0.2, 0.25) is 11.8 Å². The third-order valence-corrected chi connectivity index (χ3v) is 6.44. The van der Waals surface area contributed by atoms with Crippen molar-refractivity contribution in [3.8, 4) is 17.3 Å². The van der Waals surface area contributed by atoms with Gasteiger partial charge in [0.25, 0.3) is 0 Å². The van der Waals surface area contributed by atoms with E-state index in [4.69, 9.17) is 14.7 Å². The van der Waals surface area contributed by atoms with Gasteiger partial charge in [-0.05, 0) is 40.2 Å². The highest BCUT2D eigenvalue weighted by atomic mass is 16.5. The van der Waals surface area contributed by atoms with Crippen LogP contribution in [0.5, 0.6) is 5.88 Å². The minimum Gasteiger partial charge on any atom is -0.481 e. The molecule has 1 N–H and O–H groups in total. The van der Waals surface area contributed by atoms with Crippen molar-refractivity contribution >= 4 is 22.9 Å². The summed E-state index contributed by atoms with van der Waals surface area (Å²) < 4.78 is 7.20. The number of pyridine rings is 1. The molecule has 3 aromatic heterocycles. The first-order chi connectivity index (χ1) is 16.9. The van der Waals surface area contributed by atoms with Gasteiger partial charge >= 0.3 is 0 Å². The number of carbonyl (C=O) groups excluding carboxylic acids is 1. The topological polar surface area (TPSA) is 101 Å². The van der Waals surface area contributed by atoms with Gasteiger partial charge in [0.05, 0.1) is 13.4 Å². The Balaban J connectivity index is 1.62. The molecule has 188 valence electrons. The fourth-order valence-electron chi connectivity index (χ4n) is 4.58. The highest BCUT2D eigenvalue weighted by Crippen LogP contribution is 2.25. The van der Waals surface area contributed by atoms with Crippen molar-refractivity contribution in [3.05, 3.63) is 24.7 Å². The molecule has 3 aromatic rings. The van der Waals surface area contributed by atoms with E-state index in [1.165, 1.54) is 0 Å². The van der Waals surface area contributed by atoms with Crippen LogP contribution in [0.25, 0.3) is 22.6 Å². The summed E-state index contributed by atoms with van der Waals surface area (Å²) in [6.45, 7) is 12.6. The van der Waals surface area contributed by atoms with Crippen LogP contribution in [0.1, 0.15) is 40.5 Å². The first-order valence-electron chi connectivity index (χ1n) is 12.4. The number of amides is 1. The molecule has 0 spiro atoms. The summed E-state index contributed by atoms with van der Waals surface area (Å²) >= 11 is 0. The van der Waals surface area contributed by atoms with Crippen LogP contribution in [-0.4, -0.2) is 85.6 Å². The van der Waals surface area contributed by atoms with E-state index in [1.54, 1.807) is 25.7 Å². The number of ether oxygens (including phenoxy) is 1. The van der Waals surface area contributed by atoms with Gasteiger partial charge in [-0.2, -0.15) is 0 Å². The molecule has 4 rings (SSSR count). The van der Waals surface area contributed by atoms with E-state index in [1.807, 2.05) is 15.5 Å². The molecule has 1 saturated heterocycles. The molecule has 1 amide bonds. The molecule has 4 heterocycles. The number of hydrogen-bond donors (Lipinski definition) is 1. The number of nitrogens with one attached hydrogen (secondary N) is 1. The predicted octanol–water partition coefficient (Wildman–Crippen LogP) is 3.05. The molecule has 0 unspecified atom stereocenters. The molecular weight excluding hydrogens is 444 g/mol. The van der Waals surface area contributed by atoms with Crippen LogP contribution in [0.2, 0.25) is 0 Å². The van der Waals surface area contributed by atoms with Gasteiger partial charge in [0.15, 0.2) is 17.3 Å². The van der Waals surface area contributed by atoms with Crippen molar-refractivity contribution in [2.75, 3.05) is 38.6 Å². The van der Waals surface area contributed by atoms with Gasteiger partial charge in [-0.1, -0.05) is 0 Å². The SMILES string of the molecule is COc1ccc(-c2nc(NCCN(C(C)C)C(C)C)c3ncn(CCN4CCCC4=O)c3n2)cn1. The van der Waals surface area contributed by atoms with Crippen molar-refractivity contribution in [2.45, 2.75) is 59.2 Å². The average Bonchev–Trinajstić information content (AvgIpc) is 3.45. The first-order valence-corrected chi connectivity index (χ1v) is 12.4. The third-order valence-electron chi connectivity index (χ3n) is 6.44. The monoisotopic (exact) mass is 480 g/mol. The average molecular weight is 481 g/mol. The minimum absolute atomic E-state index is 0.219. The molecule has 1 fully saturated rings. The Bertz CT molecular complexity index is 1130. The van der Waals surface area contributed by atoms with Crippen LogP contribution in [0, 0.1) is 0 Å². The maximum Gasteiger partial charge on any atom is 0.222 e. The van der Waals surface area contributed by atoms with Crippen molar-refractivity contribution < 1.29 is 9.53 Å². The van der Waals surface area contributed by atoms with Gasteiger partial charge in [-0.15, -0.1) is 0 Å². The molecule has 0 saturated carbocycles. The standard InChI is InChI=1S/C25H36N8O2/c1-17(2)33(18(3)4)12-10-26-24-22-25(30-23(29-24)19-8-9-20(35-5)27-15-19)32(16-28-22)14-13-31-11-6-7-21(31)34/h8-9,15-18H,6-7,10-14H2,1-5H3,(H,26,29,30). The number of hydrogen-bond acceptors (Lipinski definition) is 8. The summed E-state index contributed by atoms with van der Waals surface area (Å²) in [6, 6.07) is 4.61. The predicted molar refractivity (Wildman–Crippen MR) is 136 cm³/mol. The lowest BCUT2D eigenvalue weighted by atomic mass is 10.2. The van der Waals surface area contributed by atoms with Crippen molar-refractivity contribution in [1.82, 2.24) is 34.3 Å². The zero-order valence-electron chi connectivity index (χ0n) is 21.4. The Labute approximate surface area is 206 Å². The fraction of sp³-hybridized carbons (Fsp3) is 0.560. The smallest absolute Gasteiger partial charge is 0.222 e. The molecular formula is C25H36N8O2. The summed E-state index contributed by atoms with van der Waals surface area (Å²) in [6.07, 6.45) is 5.07. The summed E-state index contributed by atoms with van der Waals surface area (Å²) in [5.74, 6) is 2.02. The Morgan fingerprint density at radius 1 is 1.11 bits per heavy atom. The van der Waals surface area contributed by atoms with Gasteiger partial charge in [-0.3, -0.25) is 9.69 Å². The molecule has 1 aliphatic rings. The Morgan fingerprint density at radius 2 is 1.91 bits per heavy atom. The number of nitrogens with zero attached hydrogens (tertiary/aromatic N) is 7. The molecule has 0 radical (unpaired) electrons. The van der Waals surface area contributed by atoms with E-state index in [2.05, 4.69) is 47.9 Å². The van der Waals surface area contributed by atoms with Crippen LogP contribution >= 0.6 is 0 Å². The number of anilines is 1. The normalized spacial score (nSPS) is 14.2. The Morgan fingerprint density at radius 3 is 2.54 bits per heavy atom. The van der Waals surface area contributed by atoms with Crippen LogP contribution in [0.15, 0.2) is 24.7 Å². The Kier molecular flexibility index (Phi) is 7.80. The number of fused-ring (bicyclic) bond motifs is 1. The van der Waals surface area contributed by atoms with Crippen LogP contribution in [-0.2, 0) is 11.3 Å². The molecule has 1 aliphatic heterocycles. The number of rotatable bonds is 11. The van der Waals surface area contributed by atoms with E-state index in [0.717, 1.165) is 42.8 Å². The quantitative estimate of drug-likeness (QED) is 0.447. The second-order valence-corrected chi connectivity index (χ2v) is 9.43. The lowest BCUT2D eigenvalue weighted by Gasteiger charge is -2.30. The van der Waals surface area contributed by atoms with Crippen molar-refractivity contribution in [3.63, 3.8) is 0 Å². The van der Waals surface area contributed by atoms with Gasteiger partial charge < -0.3 is 19.5 Å². The lowest BCUT2D eigenvalue weighted by molar-refractivity contribution is -0.127. The number of likely N-dealkylation sites (tertiary alicyclic amines) is 1. The van der Waals surface area contributed by atoms with E-state index in [0.29, 0.717) is 49.1 Å². The summed E-state index contributed by atoms with van der Waals surface area (Å²) in [7, 11) is 1.59. The zero-order valence-corrected chi connectivity index (χ0v) is 21.4. The molecule has 10 nitrogen and oxygen atoms in total. The number of methoxy groups -OCH3 is 1. The van der Waals surface area contributed by atoms with Gasteiger partial charge in [0, 0.05) is 69.1 Å². The van der Waals surface area contributed by atoms with Gasteiger partial charge in [0.1, 0.15) is 5.52 Å². The second kappa shape index (κ2) is 11.0. The van der Waals surface area contributed by atoms with E-state index in [9.17, 15) is 4.79 Å². The molecule has 10 heteroatoms. The van der Waals surface area contributed by atoms with Crippen molar-refractivity contribution in [1.29, 1.82) is 0 Å². The maximum absolute atomic E-state index is 12.1. The molecule has 0 bridgehead atoms. The zero-order chi connectivity index (χ0) is 24.9. The van der Waals surface area contributed by atoms with E-state index >= 15 is 0 Å². The van der Waals surface area contributed by atoms with E-state index < -0.39 is 0 Å². The summed E-state index contributed by atoms with van der Waals surface area (Å²) in [4.78, 5) is 35.0. The van der Waals surface area contributed by atoms with Crippen LogP contribution < -0.4 is 10.1 Å². The minimum atomic E-state index is 0.219. The van der Waals surface area contributed by atoms with Crippen LogP contribution in [0.4, 0.5) is 5.82 Å². The second-order valence-electron chi connectivity index (χ2n) is 9.43. The summed E-state index contributed by atoms with van der Waals surface area (Å²) in [5.41, 5.74) is 2.26. The molecule has 35 heavy (non-hydrogen) atoms. The van der Waals surface area contributed by atoms with Gasteiger partial charge in [-0.25, -0.2) is 19.9 Å². The highest BCUT2D eigenvalue weighted by molar-refractivity contribution is 5.85. The van der Waals surface area contributed by atoms with Crippen LogP contribution in [0.3, 0.4) is 0 Å². The Hall–Kier alpha value is -3.27. The third kappa shape index (κ3) is 5.70. The number of aromatic nitrogens is 5. The maximum atomic E-state index is 12.1. The largest absolute Gasteiger partial charge is 0.481 e. The summed E-state index contributed by atoms with van der Waals surface area (Å²) in [5, 5.41) is 3.50. The number of imidazole rings is 1. The van der Waals surface area contributed by atoms with E-state index in [-0.39, 0.29) is 5.91 Å². The molecule has 0 aromatic carbocycles. The van der Waals surface area contributed by atoms with Crippen molar-refractivity contribution in [2.24, 2.45) is 0 Å². The highest BCUT2D eigenvalue weighted by Gasteiger charge is 2.21. The number of carbonyl (C=O) groups is 1. The first kappa shape index (κ1) is 24.8.